The van der Waals surface area contributed by atoms with Crippen LogP contribution in [-0.2, 0) is 6.54 Å². The minimum absolute atomic E-state index is 0.252. The van der Waals surface area contributed by atoms with E-state index in [2.05, 4.69) is 17.0 Å². The Bertz CT molecular complexity index is 552. The predicted octanol–water partition coefficient (Wildman–Crippen LogP) is 2.94. The zero-order chi connectivity index (χ0) is 13.8. The molecule has 2 rings (SSSR count). The van der Waals surface area contributed by atoms with E-state index in [0.29, 0.717) is 0 Å². The van der Waals surface area contributed by atoms with Gasteiger partial charge in [-0.1, -0.05) is 36.4 Å². The van der Waals surface area contributed by atoms with Crippen LogP contribution in [0.3, 0.4) is 0 Å². The first-order valence-corrected chi connectivity index (χ1v) is 6.31. The summed E-state index contributed by atoms with van der Waals surface area (Å²) in [6, 6.07) is 14.3. The molecule has 1 atom stereocenters. The number of nitrogens with two attached hydrogens (primary N) is 1. The van der Waals surface area contributed by atoms with Crippen molar-refractivity contribution in [2.45, 2.75) is 12.6 Å². The molecule has 0 amide bonds. The lowest BCUT2D eigenvalue weighted by Crippen LogP contribution is -2.14. The molecule has 0 saturated carbocycles. The maximum atomic E-state index is 13.2. The van der Waals surface area contributed by atoms with Crippen molar-refractivity contribution in [3.63, 3.8) is 0 Å². The second-order valence-corrected chi connectivity index (χ2v) is 5.02. The van der Waals surface area contributed by atoms with Crippen LogP contribution in [-0.4, -0.2) is 19.0 Å². The predicted molar refractivity (Wildman–Crippen MR) is 76.3 cm³/mol. The summed E-state index contributed by atoms with van der Waals surface area (Å²) < 4.78 is 13.2. The third-order valence-electron chi connectivity index (χ3n) is 3.02. The highest BCUT2D eigenvalue weighted by Gasteiger charge is 2.10. The second kappa shape index (κ2) is 5.95. The lowest BCUT2D eigenvalue weighted by atomic mass is 9.98. The van der Waals surface area contributed by atoms with Gasteiger partial charge in [-0.3, -0.25) is 0 Å². The summed E-state index contributed by atoms with van der Waals surface area (Å²) in [5.74, 6) is -0.252. The molecule has 0 heterocycles. The molecule has 0 radical (unpaired) electrons. The van der Waals surface area contributed by atoms with Gasteiger partial charge in [0, 0.05) is 6.54 Å². The van der Waals surface area contributed by atoms with Gasteiger partial charge in [-0.05, 0) is 42.9 Å². The van der Waals surface area contributed by atoms with Crippen molar-refractivity contribution in [1.82, 2.24) is 4.90 Å². The minimum atomic E-state index is -0.294. The van der Waals surface area contributed by atoms with Crippen molar-refractivity contribution in [2.75, 3.05) is 14.1 Å². The van der Waals surface area contributed by atoms with Crippen LogP contribution >= 0.6 is 0 Å². The minimum Gasteiger partial charge on any atom is -0.320 e. The number of rotatable bonds is 4. The molecule has 0 saturated heterocycles. The molecule has 2 N–H and O–H groups in total. The van der Waals surface area contributed by atoms with Gasteiger partial charge in [-0.25, -0.2) is 4.39 Å². The maximum absolute atomic E-state index is 13.2. The topological polar surface area (TPSA) is 29.3 Å². The first kappa shape index (κ1) is 13.7. The molecule has 2 aromatic carbocycles. The standard InChI is InChI=1S/C16H19FN2/c1-19(2)11-12-5-3-6-13(9-12)16(18)14-7-4-8-15(17)10-14/h3-10,16H,11,18H2,1-2H3. The van der Waals surface area contributed by atoms with Gasteiger partial charge in [-0.15, -0.1) is 0 Å². The second-order valence-electron chi connectivity index (χ2n) is 5.02. The molecule has 19 heavy (non-hydrogen) atoms. The molecule has 100 valence electrons. The van der Waals surface area contributed by atoms with Gasteiger partial charge in [-0.2, -0.15) is 0 Å². The Balaban J connectivity index is 2.26. The summed E-state index contributed by atoms with van der Waals surface area (Å²) >= 11 is 0. The first-order valence-electron chi connectivity index (χ1n) is 6.31. The van der Waals surface area contributed by atoms with Gasteiger partial charge in [0.2, 0.25) is 0 Å². The van der Waals surface area contributed by atoms with Gasteiger partial charge in [0.05, 0.1) is 6.04 Å². The lowest BCUT2D eigenvalue weighted by Gasteiger charge is -2.15. The number of hydrogen-bond acceptors (Lipinski definition) is 2. The highest BCUT2D eigenvalue weighted by atomic mass is 19.1. The summed E-state index contributed by atoms with van der Waals surface area (Å²) in [7, 11) is 4.05. The van der Waals surface area contributed by atoms with Gasteiger partial charge >= 0.3 is 0 Å². The molecule has 3 heteroatoms. The van der Waals surface area contributed by atoms with Crippen LogP contribution in [0.4, 0.5) is 4.39 Å². The average molecular weight is 258 g/mol. The summed E-state index contributed by atoms with van der Waals surface area (Å²) in [6.45, 7) is 0.865. The molecule has 0 aliphatic rings. The van der Waals surface area contributed by atoms with Crippen LogP contribution in [0.1, 0.15) is 22.7 Å². The van der Waals surface area contributed by atoms with Gasteiger partial charge < -0.3 is 10.6 Å². The van der Waals surface area contributed by atoms with E-state index in [0.717, 1.165) is 17.7 Å². The summed E-state index contributed by atoms with van der Waals surface area (Å²) in [5.41, 5.74) is 9.21. The van der Waals surface area contributed by atoms with Crippen molar-refractivity contribution in [3.8, 4) is 0 Å². The molecule has 0 aliphatic carbocycles. The van der Waals surface area contributed by atoms with E-state index in [-0.39, 0.29) is 11.9 Å². The van der Waals surface area contributed by atoms with Crippen LogP contribution in [0.25, 0.3) is 0 Å². The zero-order valence-corrected chi connectivity index (χ0v) is 11.3. The monoisotopic (exact) mass is 258 g/mol. The van der Waals surface area contributed by atoms with E-state index in [1.807, 2.05) is 32.3 Å². The van der Waals surface area contributed by atoms with Crippen LogP contribution in [0, 0.1) is 5.82 Å². The Kier molecular flexibility index (Phi) is 4.30. The van der Waals surface area contributed by atoms with Crippen molar-refractivity contribution in [1.29, 1.82) is 0 Å². The van der Waals surface area contributed by atoms with Gasteiger partial charge in [0.1, 0.15) is 5.82 Å². The molecule has 0 spiro atoms. The normalized spacial score (nSPS) is 12.7. The summed E-state index contributed by atoms with van der Waals surface area (Å²) in [5, 5.41) is 0. The highest BCUT2D eigenvalue weighted by Crippen LogP contribution is 2.21. The smallest absolute Gasteiger partial charge is 0.123 e. The Morgan fingerprint density at radius 1 is 1.05 bits per heavy atom. The number of hydrogen-bond donors (Lipinski definition) is 1. The fraction of sp³-hybridized carbons (Fsp3) is 0.250. The molecule has 2 aromatic rings. The third kappa shape index (κ3) is 3.63. The van der Waals surface area contributed by atoms with Crippen molar-refractivity contribution < 1.29 is 4.39 Å². The molecule has 2 nitrogen and oxygen atoms in total. The zero-order valence-electron chi connectivity index (χ0n) is 11.3. The fourth-order valence-corrected chi connectivity index (χ4v) is 2.14. The first-order chi connectivity index (χ1) is 9.06. The average Bonchev–Trinajstić information content (AvgIpc) is 2.37. The summed E-state index contributed by atoms with van der Waals surface area (Å²) in [6.07, 6.45) is 0. The molecule has 0 aromatic heterocycles. The SMILES string of the molecule is CN(C)Cc1cccc(C(N)c2cccc(F)c2)c1. The third-order valence-corrected chi connectivity index (χ3v) is 3.02. The van der Waals surface area contributed by atoms with Gasteiger partial charge in [0.15, 0.2) is 0 Å². The van der Waals surface area contributed by atoms with Crippen LogP contribution < -0.4 is 5.73 Å². The van der Waals surface area contributed by atoms with E-state index in [1.54, 1.807) is 6.07 Å². The molecule has 0 fully saturated rings. The number of benzene rings is 2. The maximum Gasteiger partial charge on any atom is 0.123 e. The Hall–Kier alpha value is -1.71. The van der Waals surface area contributed by atoms with E-state index in [4.69, 9.17) is 5.73 Å². The molecular formula is C16H19FN2. The number of nitrogens with zero attached hydrogens (tertiary/aromatic N) is 1. The van der Waals surface area contributed by atoms with Crippen LogP contribution in [0.2, 0.25) is 0 Å². The number of halogens is 1. The Morgan fingerprint density at radius 3 is 2.32 bits per heavy atom. The van der Waals surface area contributed by atoms with E-state index in [1.165, 1.54) is 17.7 Å². The lowest BCUT2D eigenvalue weighted by molar-refractivity contribution is 0.402. The van der Waals surface area contributed by atoms with Crippen LogP contribution in [0.15, 0.2) is 48.5 Å². The van der Waals surface area contributed by atoms with Crippen LogP contribution in [0.5, 0.6) is 0 Å². The molecule has 1 unspecified atom stereocenters. The van der Waals surface area contributed by atoms with Gasteiger partial charge in [0.25, 0.3) is 0 Å². The Labute approximate surface area is 113 Å². The summed E-state index contributed by atoms with van der Waals surface area (Å²) in [4.78, 5) is 2.10. The quantitative estimate of drug-likeness (QED) is 0.913. The molecule has 0 bridgehead atoms. The highest BCUT2D eigenvalue weighted by molar-refractivity contribution is 5.34. The Morgan fingerprint density at radius 2 is 1.68 bits per heavy atom. The molecule has 0 aliphatic heterocycles. The van der Waals surface area contributed by atoms with Crippen molar-refractivity contribution in [2.24, 2.45) is 5.73 Å². The van der Waals surface area contributed by atoms with Crippen molar-refractivity contribution >= 4 is 0 Å². The molecular weight excluding hydrogens is 239 g/mol. The largest absolute Gasteiger partial charge is 0.320 e. The van der Waals surface area contributed by atoms with E-state index >= 15 is 0 Å². The van der Waals surface area contributed by atoms with Crippen molar-refractivity contribution in [3.05, 3.63) is 71.0 Å². The van der Waals surface area contributed by atoms with E-state index in [9.17, 15) is 4.39 Å². The fourth-order valence-electron chi connectivity index (χ4n) is 2.14. The van der Waals surface area contributed by atoms with E-state index < -0.39 is 0 Å².